The molecule has 1 fully saturated rings. The third-order valence-corrected chi connectivity index (χ3v) is 3.97. The highest BCUT2D eigenvalue weighted by molar-refractivity contribution is 6.32. The summed E-state index contributed by atoms with van der Waals surface area (Å²) in [6, 6.07) is 6.11. The maximum absolute atomic E-state index is 6.20. The minimum Gasteiger partial charge on any atom is -0.377 e. The quantitative estimate of drug-likeness (QED) is 0.774. The molecule has 1 aromatic carbocycles. The predicted octanol–water partition coefficient (Wildman–Crippen LogP) is 4.08. The number of benzene rings is 1. The van der Waals surface area contributed by atoms with E-state index in [2.05, 4.69) is 11.0 Å². The van der Waals surface area contributed by atoms with Crippen molar-refractivity contribution >= 4 is 28.9 Å². The Bertz CT molecular complexity index is 395. The number of piperidine rings is 1. The minimum atomic E-state index is 0.343. The Morgan fingerprint density at radius 1 is 1.44 bits per heavy atom. The summed E-state index contributed by atoms with van der Waals surface area (Å²) in [5.41, 5.74) is 2.15. The summed E-state index contributed by atoms with van der Waals surface area (Å²) in [5.74, 6) is 0.459. The first-order chi connectivity index (χ1) is 8.74. The molecule has 0 radical (unpaired) electrons. The third kappa shape index (κ3) is 3.31. The van der Waals surface area contributed by atoms with Crippen LogP contribution in [0.2, 0.25) is 5.02 Å². The van der Waals surface area contributed by atoms with E-state index in [1.807, 2.05) is 19.1 Å². The number of rotatable bonds is 4. The minimum absolute atomic E-state index is 0.343. The predicted molar refractivity (Wildman–Crippen MR) is 77.9 cm³/mol. The lowest BCUT2D eigenvalue weighted by atomic mass is 10.1. The highest BCUT2D eigenvalue weighted by atomic mass is 35.5. The topological polar surface area (TPSA) is 12.5 Å². The standard InChI is InChI=1S/C14H19Cl2NO/c1-2-18-13-4-3-7-17(10-13)12-6-5-11(9-15)14(16)8-12/h5-6,8,13H,2-4,7,9-10H2,1H3. The van der Waals surface area contributed by atoms with Crippen LogP contribution in [0.25, 0.3) is 0 Å². The third-order valence-electron chi connectivity index (χ3n) is 3.33. The molecule has 1 aromatic rings. The molecule has 0 amide bonds. The lowest BCUT2D eigenvalue weighted by molar-refractivity contribution is 0.0527. The van der Waals surface area contributed by atoms with Gasteiger partial charge in [-0.1, -0.05) is 17.7 Å². The van der Waals surface area contributed by atoms with Gasteiger partial charge in [-0.05, 0) is 37.5 Å². The van der Waals surface area contributed by atoms with Gasteiger partial charge in [0.2, 0.25) is 0 Å². The summed E-state index contributed by atoms with van der Waals surface area (Å²) in [4.78, 5) is 2.34. The van der Waals surface area contributed by atoms with Crippen molar-refractivity contribution in [2.24, 2.45) is 0 Å². The van der Waals surface area contributed by atoms with Crippen LogP contribution in [-0.4, -0.2) is 25.8 Å². The summed E-state index contributed by atoms with van der Waals surface area (Å²) >= 11 is 12.0. The Hall–Kier alpha value is -0.440. The average Bonchev–Trinajstić information content (AvgIpc) is 2.39. The van der Waals surface area contributed by atoms with Gasteiger partial charge in [0, 0.05) is 36.3 Å². The second kappa shape index (κ2) is 6.65. The highest BCUT2D eigenvalue weighted by Crippen LogP contribution is 2.27. The molecule has 18 heavy (non-hydrogen) atoms. The molecule has 1 unspecified atom stereocenters. The Labute approximate surface area is 119 Å². The van der Waals surface area contributed by atoms with E-state index in [1.165, 1.54) is 12.1 Å². The van der Waals surface area contributed by atoms with Crippen LogP contribution in [0.1, 0.15) is 25.3 Å². The molecule has 0 aromatic heterocycles. The molecular formula is C14H19Cl2NO. The van der Waals surface area contributed by atoms with E-state index in [4.69, 9.17) is 27.9 Å². The maximum atomic E-state index is 6.20. The molecule has 0 aliphatic carbocycles. The van der Waals surface area contributed by atoms with E-state index in [-0.39, 0.29) is 0 Å². The van der Waals surface area contributed by atoms with Crippen molar-refractivity contribution in [2.75, 3.05) is 24.6 Å². The molecular weight excluding hydrogens is 269 g/mol. The molecule has 1 atom stereocenters. The van der Waals surface area contributed by atoms with Gasteiger partial charge in [0.1, 0.15) is 0 Å². The number of hydrogen-bond donors (Lipinski definition) is 0. The van der Waals surface area contributed by atoms with Gasteiger partial charge in [0.25, 0.3) is 0 Å². The molecule has 0 spiro atoms. The van der Waals surface area contributed by atoms with Crippen molar-refractivity contribution < 1.29 is 4.74 Å². The van der Waals surface area contributed by atoms with Crippen LogP contribution in [-0.2, 0) is 10.6 Å². The summed E-state index contributed by atoms with van der Waals surface area (Å²) < 4.78 is 5.71. The Balaban J connectivity index is 2.08. The molecule has 1 saturated heterocycles. The molecule has 1 aliphatic heterocycles. The van der Waals surface area contributed by atoms with E-state index < -0.39 is 0 Å². The van der Waals surface area contributed by atoms with Gasteiger partial charge in [-0.25, -0.2) is 0 Å². The van der Waals surface area contributed by atoms with Crippen molar-refractivity contribution in [3.63, 3.8) is 0 Å². The smallest absolute Gasteiger partial charge is 0.0750 e. The number of alkyl halides is 1. The molecule has 100 valence electrons. The zero-order valence-corrected chi connectivity index (χ0v) is 12.2. The van der Waals surface area contributed by atoms with Crippen molar-refractivity contribution in [3.8, 4) is 0 Å². The first-order valence-electron chi connectivity index (χ1n) is 6.45. The Morgan fingerprint density at radius 3 is 2.94 bits per heavy atom. The fourth-order valence-electron chi connectivity index (χ4n) is 2.39. The molecule has 0 N–H and O–H groups in total. The van der Waals surface area contributed by atoms with Crippen LogP contribution < -0.4 is 4.90 Å². The summed E-state index contributed by atoms with van der Waals surface area (Å²) in [6.45, 7) is 4.85. The summed E-state index contributed by atoms with van der Waals surface area (Å²) in [5, 5.41) is 0.751. The van der Waals surface area contributed by atoms with Gasteiger partial charge in [-0.15, -0.1) is 11.6 Å². The summed E-state index contributed by atoms with van der Waals surface area (Å²) in [7, 11) is 0. The monoisotopic (exact) mass is 287 g/mol. The van der Waals surface area contributed by atoms with Gasteiger partial charge in [0.05, 0.1) is 6.10 Å². The average molecular weight is 288 g/mol. The van der Waals surface area contributed by atoms with Crippen LogP contribution in [0.15, 0.2) is 18.2 Å². The van der Waals surface area contributed by atoms with Crippen molar-refractivity contribution in [1.29, 1.82) is 0 Å². The lowest BCUT2D eigenvalue weighted by Crippen LogP contribution is -2.39. The largest absolute Gasteiger partial charge is 0.377 e. The molecule has 4 heteroatoms. The van der Waals surface area contributed by atoms with Gasteiger partial charge in [-0.2, -0.15) is 0 Å². The Kier molecular flexibility index (Phi) is 5.16. The van der Waals surface area contributed by atoms with Crippen molar-refractivity contribution in [2.45, 2.75) is 31.7 Å². The van der Waals surface area contributed by atoms with E-state index in [1.54, 1.807) is 0 Å². The first-order valence-corrected chi connectivity index (χ1v) is 7.36. The lowest BCUT2D eigenvalue weighted by Gasteiger charge is -2.34. The fourth-order valence-corrected chi connectivity index (χ4v) is 2.93. The zero-order valence-electron chi connectivity index (χ0n) is 10.7. The number of anilines is 1. The number of hydrogen-bond acceptors (Lipinski definition) is 2. The molecule has 0 saturated carbocycles. The molecule has 1 heterocycles. The number of nitrogens with zero attached hydrogens (tertiary/aromatic N) is 1. The van der Waals surface area contributed by atoms with E-state index in [0.717, 1.165) is 36.7 Å². The molecule has 0 bridgehead atoms. The van der Waals surface area contributed by atoms with Gasteiger partial charge >= 0.3 is 0 Å². The zero-order chi connectivity index (χ0) is 13.0. The van der Waals surface area contributed by atoms with Gasteiger partial charge in [0.15, 0.2) is 0 Å². The van der Waals surface area contributed by atoms with E-state index in [9.17, 15) is 0 Å². The fraction of sp³-hybridized carbons (Fsp3) is 0.571. The molecule has 1 aliphatic rings. The van der Waals surface area contributed by atoms with Gasteiger partial charge < -0.3 is 9.64 Å². The van der Waals surface area contributed by atoms with E-state index >= 15 is 0 Å². The van der Waals surface area contributed by atoms with Crippen LogP contribution in [0.4, 0.5) is 5.69 Å². The second-order valence-electron chi connectivity index (χ2n) is 4.57. The summed E-state index contributed by atoms with van der Waals surface area (Å²) in [6.07, 6.45) is 2.66. The van der Waals surface area contributed by atoms with E-state index in [0.29, 0.717) is 12.0 Å². The Morgan fingerprint density at radius 2 is 2.28 bits per heavy atom. The van der Waals surface area contributed by atoms with Crippen LogP contribution in [0.5, 0.6) is 0 Å². The molecule has 2 rings (SSSR count). The van der Waals surface area contributed by atoms with Crippen molar-refractivity contribution in [1.82, 2.24) is 0 Å². The highest BCUT2D eigenvalue weighted by Gasteiger charge is 2.20. The molecule has 2 nitrogen and oxygen atoms in total. The SMILES string of the molecule is CCOC1CCCN(c2ccc(CCl)c(Cl)c2)C1. The number of halogens is 2. The number of ether oxygens (including phenoxy) is 1. The van der Waals surface area contributed by atoms with Crippen molar-refractivity contribution in [3.05, 3.63) is 28.8 Å². The van der Waals surface area contributed by atoms with Crippen LogP contribution in [0.3, 0.4) is 0 Å². The second-order valence-corrected chi connectivity index (χ2v) is 5.25. The first kappa shape index (κ1) is 14.0. The van der Waals surface area contributed by atoms with Crippen LogP contribution >= 0.6 is 23.2 Å². The van der Waals surface area contributed by atoms with Gasteiger partial charge in [-0.3, -0.25) is 0 Å². The normalized spacial score (nSPS) is 20.2. The van der Waals surface area contributed by atoms with Crippen LogP contribution in [0, 0.1) is 0 Å². The maximum Gasteiger partial charge on any atom is 0.0750 e.